The van der Waals surface area contributed by atoms with E-state index in [-0.39, 0.29) is 12.4 Å². The standard InChI is InChI=1S/C10H11BrO4/c1-2-14-6-15-9-7(10(12)13)4-3-5-8(9)11/h3-5H,2,6H2,1H3,(H,12,13). The summed E-state index contributed by atoms with van der Waals surface area (Å²) in [7, 11) is 0. The highest BCUT2D eigenvalue weighted by molar-refractivity contribution is 9.10. The SMILES string of the molecule is CCOCOc1c(Br)cccc1C(=O)O. The van der Waals surface area contributed by atoms with Gasteiger partial charge in [0.1, 0.15) is 5.56 Å². The van der Waals surface area contributed by atoms with Crippen molar-refractivity contribution in [1.82, 2.24) is 0 Å². The predicted octanol–water partition coefficient (Wildman–Crippen LogP) is 2.52. The second kappa shape index (κ2) is 5.72. The Morgan fingerprint density at radius 3 is 2.87 bits per heavy atom. The molecule has 0 aliphatic carbocycles. The molecule has 0 unspecified atom stereocenters. The Kier molecular flexibility index (Phi) is 4.58. The number of rotatable bonds is 5. The van der Waals surface area contributed by atoms with Crippen LogP contribution in [0.25, 0.3) is 0 Å². The molecule has 0 aliphatic rings. The number of carboxylic acids is 1. The molecule has 82 valence electrons. The fraction of sp³-hybridized carbons (Fsp3) is 0.300. The highest BCUT2D eigenvalue weighted by Gasteiger charge is 2.13. The summed E-state index contributed by atoms with van der Waals surface area (Å²) in [6, 6.07) is 4.84. The van der Waals surface area contributed by atoms with Crippen LogP contribution < -0.4 is 4.74 Å². The van der Waals surface area contributed by atoms with Crippen molar-refractivity contribution in [3.05, 3.63) is 28.2 Å². The largest absolute Gasteiger partial charge is 0.478 e. The normalized spacial score (nSPS) is 10.0. The molecule has 0 aliphatic heterocycles. The molecule has 0 saturated heterocycles. The van der Waals surface area contributed by atoms with Gasteiger partial charge in [0.25, 0.3) is 0 Å². The number of aromatic carboxylic acids is 1. The van der Waals surface area contributed by atoms with Crippen LogP contribution in [0.4, 0.5) is 0 Å². The minimum Gasteiger partial charge on any atom is -0.478 e. The topological polar surface area (TPSA) is 55.8 Å². The Labute approximate surface area is 95.9 Å². The Balaban J connectivity index is 2.87. The Bertz CT molecular complexity index is 351. The third-order valence-electron chi connectivity index (χ3n) is 1.69. The molecule has 0 radical (unpaired) electrons. The van der Waals surface area contributed by atoms with E-state index >= 15 is 0 Å². The number of hydrogen-bond acceptors (Lipinski definition) is 3. The molecular weight excluding hydrogens is 264 g/mol. The Morgan fingerprint density at radius 2 is 2.27 bits per heavy atom. The second-order valence-electron chi connectivity index (χ2n) is 2.68. The summed E-state index contributed by atoms with van der Waals surface area (Å²) in [6.07, 6.45) is 0. The molecule has 0 bridgehead atoms. The number of halogens is 1. The summed E-state index contributed by atoms with van der Waals surface area (Å²) < 4.78 is 10.8. The van der Waals surface area contributed by atoms with Gasteiger partial charge >= 0.3 is 5.97 Å². The van der Waals surface area contributed by atoms with Crippen molar-refractivity contribution < 1.29 is 19.4 Å². The van der Waals surface area contributed by atoms with Crippen LogP contribution >= 0.6 is 15.9 Å². The van der Waals surface area contributed by atoms with Crippen molar-refractivity contribution in [3.8, 4) is 5.75 Å². The summed E-state index contributed by atoms with van der Waals surface area (Å²) in [5.41, 5.74) is 0.115. The van der Waals surface area contributed by atoms with Crippen molar-refractivity contribution >= 4 is 21.9 Å². The minimum atomic E-state index is -1.03. The summed E-state index contributed by atoms with van der Waals surface area (Å²) >= 11 is 3.22. The van der Waals surface area contributed by atoms with Crippen LogP contribution in [-0.4, -0.2) is 24.5 Å². The highest BCUT2D eigenvalue weighted by atomic mass is 79.9. The van der Waals surface area contributed by atoms with Gasteiger partial charge in [0.05, 0.1) is 4.47 Å². The lowest BCUT2D eigenvalue weighted by Gasteiger charge is -2.10. The van der Waals surface area contributed by atoms with Gasteiger partial charge in [-0.05, 0) is 35.0 Å². The van der Waals surface area contributed by atoms with Crippen LogP contribution in [0, 0.1) is 0 Å². The molecule has 0 saturated carbocycles. The van der Waals surface area contributed by atoms with E-state index in [1.54, 1.807) is 12.1 Å². The van der Waals surface area contributed by atoms with Crippen molar-refractivity contribution in [1.29, 1.82) is 0 Å². The lowest BCUT2D eigenvalue weighted by Crippen LogP contribution is -2.07. The number of para-hydroxylation sites is 1. The zero-order chi connectivity index (χ0) is 11.3. The van der Waals surface area contributed by atoms with Crippen molar-refractivity contribution in [2.75, 3.05) is 13.4 Å². The molecule has 0 atom stereocenters. The van der Waals surface area contributed by atoms with Crippen LogP contribution in [0.3, 0.4) is 0 Å². The summed E-state index contributed by atoms with van der Waals surface area (Å²) in [6.45, 7) is 2.40. The highest BCUT2D eigenvalue weighted by Crippen LogP contribution is 2.28. The molecule has 0 heterocycles. The molecular formula is C10H11BrO4. The molecule has 1 N–H and O–H groups in total. The van der Waals surface area contributed by atoms with E-state index in [1.807, 2.05) is 6.92 Å². The maximum absolute atomic E-state index is 10.9. The van der Waals surface area contributed by atoms with Crippen LogP contribution in [0.5, 0.6) is 5.75 Å². The summed E-state index contributed by atoms with van der Waals surface area (Å²) in [4.78, 5) is 10.9. The van der Waals surface area contributed by atoms with Gasteiger partial charge in [-0.1, -0.05) is 6.07 Å². The fourth-order valence-electron chi connectivity index (χ4n) is 1.01. The van der Waals surface area contributed by atoms with Gasteiger partial charge in [0, 0.05) is 6.61 Å². The van der Waals surface area contributed by atoms with E-state index in [9.17, 15) is 4.79 Å². The van der Waals surface area contributed by atoms with Crippen LogP contribution in [0.1, 0.15) is 17.3 Å². The zero-order valence-corrected chi connectivity index (χ0v) is 9.78. The molecule has 0 spiro atoms. The zero-order valence-electron chi connectivity index (χ0n) is 8.20. The first-order valence-corrected chi connectivity index (χ1v) is 5.18. The lowest BCUT2D eigenvalue weighted by atomic mass is 10.2. The molecule has 15 heavy (non-hydrogen) atoms. The monoisotopic (exact) mass is 274 g/mol. The lowest BCUT2D eigenvalue weighted by molar-refractivity contribution is 0.0209. The minimum absolute atomic E-state index is 0.0411. The first-order chi connectivity index (χ1) is 7.16. The molecule has 1 rings (SSSR count). The van der Waals surface area contributed by atoms with Gasteiger partial charge in [-0.2, -0.15) is 0 Å². The van der Waals surface area contributed by atoms with Gasteiger partial charge < -0.3 is 14.6 Å². The van der Waals surface area contributed by atoms with Gasteiger partial charge in [0.15, 0.2) is 12.5 Å². The van der Waals surface area contributed by atoms with Gasteiger partial charge in [-0.15, -0.1) is 0 Å². The van der Waals surface area contributed by atoms with Crippen molar-refractivity contribution in [2.45, 2.75) is 6.92 Å². The summed E-state index contributed by atoms with van der Waals surface area (Å²) in [5, 5.41) is 8.90. The third kappa shape index (κ3) is 3.21. The van der Waals surface area contributed by atoms with E-state index in [1.165, 1.54) is 6.07 Å². The first-order valence-electron chi connectivity index (χ1n) is 4.39. The van der Waals surface area contributed by atoms with Crippen LogP contribution in [-0.2, 0) is 4.74 Å². The summed E-state index contributed by atoms with van der Waals surface area (Å²) in [5.74, 6) is -0.735. The maximum atomic E-state index is 10.9. The third-order valence-corrected chi connectivity index (χ3v) is 2.31. The van der Waals surface area contributed by atoms with E-state index in [2.05, 4.69) is 15.9 Å². The molecule has 4 nitrogen and oxygen atoms in total. The molecule has 1 aromatic rings. The average molecular weight is 275 g/mol. The number of hydrogen-bond donors (Lipinski definition) is 1. The van der Waals surface area contributed by atoms with E-state index < -0.39 is 5.97 Å². The molecule has 0 fully saturated rings. The smallest absolute Gasteiger partial charge is 0.339 e. The van der Waals surface area contributed by atoms with Gasteiger partial charge in [-0.25, -0.2) is 4.79 Å². The fourth-order valence-corrected chi connectivity index (χ4v) is 1.49. The quantitative estimate of drug-likeness (QED) is 0.662. The number of carboxylic acid groups (broad SMARTS) is 1. The molecule has 1 aromatic carbocycles. The van der Waals surface area contributed by atoms with Gasteiger partial charge in [0.2, 0.25) is 0 Å². The number of ether oxygens (including phenoxy) is 2. The molecule has 0 amide bonds. The van der Waals surface area contributed by atoms with Crippen LogP contribution in [0.15, 0.2) is 22.7 Å². The van der Waals surface area contributed by atoms with Crippen LogP contribution in [0.2, 0.25) is 0 Å². The predicted molar refractivity (Wildman–Crippen MR) is 58.2 cm³/mol. The number of benzene rings is 1. The maximum Gasteiger partial charge on any atom is 0.339 e. The van der Waals surface area contributed by atoms with Gasteiger partial charge in [-0.3, -0.25) is 0 Å². The van der Waals surface area contributed by atoms with Crippen molar-refractivity contribution in [3.63, 3.8) is 0 Å². The van der Waals surface area contributed by atoms with E-state index in [0.29, 0.717) is 16.8 Å². The van der Waals surface area contributed by atoms with E-state index in [0.717, 1.165) is 0 Å². The average Bonchev–Trinajstić information content (AvgIpc) is 2.20. The second-order valence-corrected chi connectivity index (χ2v) is 3.53. The van der Waals surface area contributed by atoms with E-state index in [4.69, 9.17) is 14.6 Å². The van der Waals surface area contributed by atoms with Crippen molar-refractivity contribution in [2.24, 2.45) is 0 Å². The first kappa shape index (κ1) is 12.0. The number of carbonyl (C=O) groups is 1. The molecule has 5 heteroatoms. The Hall–Kier alpha value is -1.07. The molecule has 0 aromatic heterocycles. The Morgan fingerprint density at radius 1 is 1.53 bits per heavy atom.